The summed E-state index contributed by atoms with van der Waals surface area (Å²) < 4.78 is 0. The third kappa shape index (κ3) is 5.60. The number of hydrogen-bond donors (Lipinski definition) is 2. The number of imide groups is 1. The molecule has 0 spiro atoms. The predicted octanol–water partition coefficient (Wildman–Crippen LogP) is 2.03. The number of amides is 3. The van der Waals surface area contributed by atoms with Crippen LogP contribution in [0.4, 0.5) is 4.79 Å². The molecule has 3 amide bonds. The summed E-state index contributed by atoms with van der Waals surface area (Å²) in [7, 11) is 1.46. The van der Waals surface area contributed by atoms with Crippen molar-refractivity contribution in [2.24, 2.45) is 0 Å². The van der Waals surface area contributed by atoms with Crippen molar-refractivity contribution < 1.29 is 9.59 Å². The zero-order valence-corrected chi connectivity index (χ0v) is 10.9. The quantitative estimate of drug-likeness (QED) is 0.882. The molecule has 2 N–H and O–H groups in total. The number of urea groups is 1. The topological polar surface area (TPSA) is 58.2 Å². The first-order chi connectivity index (χ1) is 8.11. The molecule has 0 fully saturated rings. The van der Waals surface area contributed by atoms with Crippen molar-refractivity contribution in [3.05, 3.63) is 34.9 Å². The Morgan fingerprint density at radius 1 is 1.29 bits per heavy atom. The van der Waals surface area contributed by atoms with E-state index in [1.54, 1.807) is 0 Å². The van der Waals surface area contributed by atoms with Gasteiger partial charge in [-0.1, -0.05) is 23.7 Å². The SMILES string of the molecule is CNC(=O)NC(=O)CSCc1ccc(Cl)cc1. The zero-order chi connectivity index (χ0) is 12.7. The maximum absolute atomic E-state index is 11.2. The van der Waals surface area contributed by atoms with E-state index in [1.165, 1.54) is 18.8 Å². The van der Waals surface area contributed by atoms with Gasteiger partial charge in [0.2, 0.25) is 5.91 Å². The molecule has 0 aliphatic heterocycles. The number of nitrogens with one attached hydrogen (secondary N) is 2. The van der Waals surface area contributed by atoms with E-state index in [4.69, 9.17) is 11.6 Å². The first-order valence-corrected chi connectivity index (χ1v) is 6.49. The minimum atomic E-state index is -0.484. The van der Waals surface area contributed by atoms with Gasteiger partial charge < -0.3 is 5.32 Å². The fourth-order valence-corrected chi connectivity index (χ4v) is 1.98. The summed E-state index contributed by atoms with van der Waals surface area (Å²) in [5.74, 6) is 0.650. The highest BCUT2D eigenvalue weighted by Gasteiger charge is 2.05. The number of carbonyl (C=O) groups is 2. The summed E-state index contributed by atoms with van der Waals surface area (Å²) in [5.41, 5.74) is 1.09. The molecule has 1 rings (SSSR count). The lowest BCUT2D eigenvalue weighted by Crippen LogP contribution is -2.38. The van der Waals surface area contributed by atoms with Gasteiger partial charge in [0, 0.05) is 17.8 Å². The summed E-state index contributed by atoms with van der Waals surface area (Å²) >= 11 is 7.19. The second kappa shape index (κ2) is 7.19. The van der Waals surface area contributed by atoms with Crippen molar-refractivity contribution in [2.75, 3.05) is 12.8 Å². The molecule has 0 saturated heterocycles. The molecule has 17 heavy (non-hydrogen) atoms. The Morgan fingerprint density at radius 2 is 1.94 bits per heavy atom. The predicted molar refractivity (Wildman–Crippen MR) is 70.2 cm³/mol. The monoisotopic (exact) mass is 272 g/mol. The van der Waals surface area contributed by atoms with Crippen LogP contribution in [0.5, 0.6) is 0 Å². The second-order valence-corrected chi connectivity index (χ2v) is 4.67. The maximum atomic E-state index is 11.2. The molecule has 92 valence electrons. The Labute approximate surface area is 109 Å². The summed E-state index contributed by atoms with van der Waals surface area (Å²) in [6.07, 6.45) is 0. The lowest BCUT2D eigenvalue weighted by Gasteiger charge is -2.03. The largest absolute Gasteiger partial charge is 0.341 e. The van der Waals surface area contributed by atoms with Crippen LogP contribution in [-0.2, 0) is 10.5 Å². The van der Waals surface area contributed by atoms with E-state index in [1.807, 2.05) is 24.3 Å². The molecule has 4 nitrogen and oxygen atoms in total. The van der Waals surface area contributed by atoms with Gasteiger partial charge in [-0.05, 0) is 17.7 Å². The summed E-state index contributed by atoms with van der Waals surface area (Å²) in [5, 5.41) is 5.20. The maximum Gasteiger partial charge on any atom is 0.321 e. The fraction of sp³-hybridized carbons (Fsp3) is 0.273. The summed E-state index contributed by atoms with van der Waals surface area (Å²) in [4.78, 5) is 22.1. The van der Waals surface area contributed by atoms with Crippen molar-refractivity contribution in [3.63, 3.8) is 0 Å². The van der Waals surface area contributed by atoms with E-state index in [9.17, 15) is 9.59 Å². The molecule has 0 atom stereocenters. The molecule has 0 aliphatic rings. The molecule has 6 heteroatoms. The molecule has 0 radical (unpaired) electrons. The van der Waals surface area contributed by atoms with E-state index < -0.39 is 6.03 Å². The van der Waals surface area contributed by atoms with Crippen LogP contribution in [0.25, 0.3) is 0 Å². The normalized spacial score (nSPS) is 9.76. The molecule has 0 aromatic heterocycles. The number of benzene rings is 1. The number of rotatable bonds is 4. The molecule has 0 heterocycles. The van der Waals surface area contributed by atoms with E-state index in [-0.39, 0.29) is 11.7 Å². The summed E-state index contributed by atoms with van der Waals surface area (Å²) in [6, 6.07) is 6.95. The second-order valence-electron chi connectivity index (χ2n) is 3.25. The van der Waals surface area contributed by atoms with Crippen molar-refractivity contribution >= 4 is 35.3 Å². The highest BCUT2D eigenvalue weighted by Crippen LogP contribution is 2.15. The minimum absolute atomic E-state index is 0.246. The third-order valence-electron chi connectivity index (χ3n) is 1.90. The number of hydrogen-bond acceptors (Lipinski definition) is 3. The number of thioether (sulfide) groups is 1. The smallest absolute Gasteiger partial charge is 0.321 e. The fourth-order valence-electron chi connectivity index (χ4n) is 1.07. The van der Waals surface area contributed by atoms with Crippen molar-refractivity contribution in [1.82, 2.24) is 10.6 Å². The van der Waals surface area contributed by atoms with Gasteiger partial charge in [0.1, 0.15) is 0 Å². The Hall–Kier alpha value is -1.20. The Balaban J connectivity index is 2.26. The first kappa shape index (κ1) is 13.9. The molecular weight excluding hydrogens is 260 g/mol. The van der Waals surface area contributed by atoms with Crippen LogP contribution >= 0.6 is 23.4 Å². The Kier molecular flexibility index (Phi) is 5.86. The highest BCUT2D eigenvalue weighted by molar-refractivity contribution is 7.99. The van der Waals surface area contributed by atoms with E-state index in [2.05, 4.69) is 10.6 Å². The molecular formula is C11H13ClN2O2S. The number of halogens is 1. The summed E-state index contributed by atoms with van der Waals surface area (Å²) in [6.45, 7) is 0. The van der Waals surface area contributed by atoms with Crippen LogP contribution in [0.2, 0.25) is 5.02 Å². The van der Waals surface area contributed by atoms with Gasteiger partial charge in [0.15, 0.2) is 0 Å². The van der Waals surface area contributed by atoms with Crippen LogP contribution in [0.3, 0.4) is 0 Å². The average molecular weight is 273 g/mol. The van der Waals surface area contributed by atoms with Crippen LogP contribution in [0, 0.1) is 0 Å². The van der Waals surface area contributed by atoms with E-state index >= 15 is 0 Å². The molecule has 0 unspecified atom stereocenters. The molecule has 0 saturated carbocycles. The minimum Gasteiger partial charge on any atom is -0.341 e. The van der Waals surface area contributed by atoms with Gasteiger partial charge in [-0.15, -0.1) is 11.8 Å². The third-order valence-corrected chi connectivity index (χ3v) is 3.15. The lowest BCUT2D eigenvalue weighted by molar-refractivity contribution is -0.117. The lowest BCUT2D eigenvalue weighted by atomic mass is 10.2. The standard InChI is InChI=1S/C11H13ClN2O2S/c1-13-11(16)14-10(15)7-17-6-8-2-4-9(12)5-3-8/h2-5H,6-7H2,1H3,(H2,13,14,15,16). The van der Waals surface area contributed by atoms with Crippen LogP contribution in [-0.4, -0.2) is 24.7 Å². The van der Waals surface area contributed by atoms with Gasteiger partial charge in [0.05, 0.1) is 5.75 Å². The highest BCUT2D eigenvalue weighted by atomic mass is 35.5. The Bertz CT molecular complexity index is 395. The van der Waals surface area contributed by atoms with Gasteiger partial charge >= 0.3 is 6.03 Å². The van der Waals surface area contributed by atoms with Crippen LogP contribution < -0.4 is 10.6 Å². The molecule has 0 aliphatic carbocycles. The van der Waals surface area contributed by atoms with Crippen molar-refractivity contribution in [2.45, 2.75) is 5.75 Å². The Morgan fingerprint density at radius 3 is 2.53 bits per heavy atom. The van der Waals surface area contributed by atoms with Crippen LogP contribution in [0.1, 0.15) is 5.56 Å². The molecule has 1 aromatic carbocycles. The first-order valence-electron chi connectivity index (χ1n) is 4.95. The van der Waals surface area contributed by atoms with Gasteiger partial charge in [-0.25, -0.2) is 4.79 Å². The molecule has 1 aromatic rings. The van der Waals surface area contributed by atoms with E-state index in [0.717, 1.165) is 5.56 Å². The zero-order valence-electron chi connectivity index (χ0n) is 9.33. The van der Waals surface area contributed by atoms with Crippen LogP contribution in [0.15, 0.2) is 24.3 Å². The number of carbonyl (C=O) groups excluding carboxylic acids is 2. The van der Waals surface area contributed by atoms with Crippen molar-refractivity contribution in [3.8, 4) is 0 Å². The van der Waals surface area contributed by atoms with Gasteiger partial charge in [-0.3, -0.25) is 10.1 Å². The van der Waals surface area contributed by atoms with Crippen molar-refractivity contribution in [1.29, 1.82) is 0 Å². The molecule has 0 bridgehead atoms. The van der Waals surface area contributed by atoms with Gasteiger partial charge in [-0.2, -0.15) is 0 Å². The average Bonchev–Trinajstić information content (AvgIpc) is 2.31. The van der Waals surface area contributed by atoms with Gasteiger partial charge in [0.25, 0.3) is 0 Å². The van der Waals surface area contributed by atoms with E-state index in [0.29, 0.717) is 10.8 Å².